The molecule has 0 aromatic carbocycles. The predicted molar refractivity (Wildman–Crippen MR) is 73.4 cm³/mol. The van der Waals surface area contributed by atoms with Crippen LogP contribution in [-0.4, -0.2) is 17.8 Å². The Bertz CT molecular complexity index is 212. The summed E-state index contributed by atoms with van der Waals surface area (Å²) in [7, 11) is 0. The Kier molecular flexibility index (Phi) is 7.67. The largest absolute Gasteiger partial charge is 0.353 e. The minimum Gasteiger partial charge on any atom is -0.353 e. The average molecular weight is 260 g/mol. The number of alkyl halides is 1. The molecule has 1 amide bonds. The predicted octanol–water partition coefficient (Wildman–Crippen LogP) is 3.87. The Morgan fingerprint density at radius 3 is 2.35 bits per heavy atom. The number of hydrogen-bond donors (Lipinski definition) is 1. The van der Waals surface area contributed by atoms with Gasteiger partial charge in [-0.25, -0.2) is 0 Å². The zero-order valence-corrected chi connectivity index (χ0v) is 11.8. The number of hydrogen-bond acceptors (Lipinski definition) is 1. The fraction of sp³-hybridized carbons (Fsp3) is 0.929. The smallest absolute Gasteiger partial charge is 0.223 e. The highest BCUT2D eigenvalue weighted by Crippen LogP contribution is 2.22. The summed E-state index contributed by atoms with van der Waals surface area (Å²) in [4.78, 5) is 12.2. The van der Waals surface area contributed by atoms with E-state index in [9.17, 15) is 4.79 Å². The van der Waals surface area contributed by atoms with E-state index in [-0.39, 0.29) is 17.9 Å². The van der Waals surface area contributed by atoms with Crippen LogP contribution in [0.4, 0.5) is 0 Å². The van der Waals surface area contributed by atoms with Crippen LogP contribution < -0.4 is 5.32 Å². The summed E-state index contributed by atoms with van der Waals surface area (Å²) in [5.74, 6) is 1.15. The van der Waals surface area contributed by atoms with Gasteiger partial charge in [0.1, 0.15) is 0 Å². The van der Waals surface area contributed by atoms with Crippen LogP contribution in [0.2, 0.25) is 0 Å². The van der Waals surface area contributed by atoms with E-state index in [2.05, 4.69) is 12.2 Å². The lowest BCUT2D eigenvalue weighted by atomic mass is 9.90. The third kappa shape index (κ3) is 5.76. The van der Waals surface area contributed by atoms with Crippen molar-refractivity contribution in [2.45, 2.75) is 70.8 Å². The van der Waals surface area contributed by atoms with E-state index >= 15 is 0 Å². The van der Waals surface area contributed by atoms with Gasteiger partial charge in [-0.05, 0) is 25.7 Å². The number of carbonyl (C=O) groups excluding carboxylic acids is 1. The summed E-state index contributed by atoms with van der Waals surface area (Å²) in [5.41, 5.74) is 0. The molecule has 0 heterocycles. The molecule has 1 atom stereocenters. The molecule has 0 aromatic heterocycles. The second kappa shape index (κ2) is 8.79. The average Bonchev–Trinajstić information content (AvgIpc) is 2.27. The van der Waals surface area contributed by atoms with Gasteiger partial charge in [0, 0.05) is 17.8 Å². The number of nitrogens with one attached hydrogen (secondary N) is 1. The Morgan fingerprint density at radius 2 is 1.82 bits per heavy atom. The van der Waals surface area contributed by atoms with Crippen molar-refractivity contribution >= 4 is 17.5 Å². The molecule has 0 aromatic rings. The van der Waals surface area contributed by atoms with E-state index in [1.165, 1.54) is 32.1 Å². The minimum atomic E-state index is 0.250. The van der Waals surface area contributed by atoms with Crippen molar-refractivity contribution in [1.82, 2.24) is 5.32 Å². The lowest BCUT2D eigenvalue weighted by Crippen LogP contribution is -2.39. The Morgan fingerprint density at radius 1 is 1.24 bits per heavy atom. The molecule has 0 aliphatic heterocycles. The fourth-order valence-corrected chi connectivity index (χ4v) is 2.81. The molecule has 1 aliphatic rings. The molecule has 1 rings (SSSR count). The van der Waals surface area contributed by atoms with Crippen molar-refractivity contribution in [2.75, 3.05) is 5.88 Å². The molecule has 1 aliphatic carbocycles. The van der Waals surface area contributed by atoms with E-state index in [4.69, 9.17) is 11.6 Å². The van der Waals surface area contributed by atoms with Crippen LogP contribution in [0.15, 0.2) is 0 Å². The van der Waals surface area contributed by atoms with Crippen LogP contribution in [0, 0.1) is 5.92 Å². The molecule has 0 radical (unpaired) electrons. The molecule has 2 nitrogen and oxygen atoms in total. The first-order valence-corrected chi connectivity index (χ1v) is 7.67. The fourth-order valence-electron chi connectivity index (χ4n) is 2.55. The number of halogens is 1. The summed E-state index contributed by atoms with van der Waals surface area (Å²) in [6.45, 7) is 2.11. The van der Waals surface area contributed by atoms with Crippen molar-refractivity contribution < 1.29 is 4.79 Å². The molecule has 100 valence electrons. The van der Waals surface area contributed by atoms with Gasteiger partial charge in [0.05, 0.1) is 0 Å². The zero-order chi connectivity index (χ0) is 12.5. The first-order chi connectivity index (χ1) is 8.27. The third-order valence-electron chi connectivity index (χ3n) is 3.77. The van der Waals surface area contributed by atoms with Crippen molar-refractivity contribution in [3.05, 3.63) is 0 Å². The normalized spacial score (nSPS) is 20.4. The maximum Gasteiger partial charge on any atom is 0.223 e. The van der Waals surface area contributed by atoms with Crippen molar-refractivity contribution in [2.24, 2.45) is 5.92 Å². The lowest BCUT2D eigenvalue weighted by Gasteiger charge is -2.22. The summed E-state index contributed by atoms with van der Waals surface area (Å²) >= 11 is 5.74. The van der Waals surface area contributed by atoms with Gasteiger partial charge in [-0.1, -0.05) is 39.0 Å². The number of carbonyl (C=O) groups is 1. The molecule has 3 heteroatoms. The summed E-state index contributed by atoms with van der Waals surface area (Å²) in [5, 5.41) is 3.16. The maximum atomic E-state index is 12.2. The van der Waals surface area contributed by atoms with Crippen molar-refractivity contribution in [1.29, 1.82) is 0 Å². The first kappa shape index (κ1) is 14.8. The molecule has 1 N–H and O–H groups in total. The van der Waals surface area contributed by atoms with Gasteiger partial charge in [-0.3, -0.25) is 4.79 Å². The highest BCUT2D eigenvalue weighted by Gasteiger charge is 2.21. The van der Waals surface area contributed by atoms with Crippen LogP contribution in [0.5, 0.6) is 0 Å². The van der Waals surface area contributed by atoms with E-state index in [1.807, 2.05) is 0 Å². The van der Waals surface area contributed by atoms with Gasteiger partial charge in [0.2, 0.25) is 5.91 Å². The van der Waals surface area contributed by atoms with Gasteiger partial charge in [-0.15, -0.1) is 11.6 Å². The van der Waals surface area contributed by atoms with E-state index in [1.54, 1.807) is 0 Å². The molecule has 1 saturated carbocycles. The van der Waals surface area contributed by atoms with Crippen LogP contribution in [0.25, 0.3) is 0 Å². The minimum absolute atomic E-state index is 0.250. The van der Waals surface area contributed by atoms with Gasteiger partial charge in [-0.2, -0.15) is 0 Å². The number of amides is 1. The Labute approximate surface area is 110 Å². The standard InChI is InChI=1S/C14H26ClNO/c1-2-13(10-11-15)16-14(17)12-8-6-4-3-5-7-9-12/h12-13H,2-11H2,1H3,(H,16,17). The van der Waals surface area contributed by atoms with Crippen LogP contribution in [0.1, 0.15) is 64.7 Å². The highest BCUT2D eigenvalue weighted by molar-refractivity contribution is 6.17. The van der Waals surface area contributed by atoms with Crippen molar-refractivity contribution in [3.63, 3.8) is 0 Å². The molecule has 0 bridgehead atoms. The van der Waals surface area contributed by atoms with Gasteiger partial charge in [0.15, 0.2) is 0 Å². The molecule has 17 heavy (non-hydrogen) atoms. The topological polar surface area (TPSA) is 29.1 Å². The zero-order valence-electron chi connectivity index (χ0n) is 11.0. The monoisotopic (exact) mass is 259 g/mol. The molecule has 1 unspecified atom stereocenters. The molecule has 1 fully saturated rings. The number of rotatable bonds is 5. The molecule has 0 spiro atoms. The second-order valence-corrected chi connectivity index (χ2v) is 5.51. The van der Waals surface area contributed by atoms with Crippen LogP contribution >= 0.6 is 11.6 Å². The van der Waals surface area contributed by atoms with E-state index < -0.39 is 0 Å². The molecular formula is C14H26ClNO. The van der Waals surface area contributed by atoms with Gasteiger partial charge >= 0.3 is 0 Å². The van der Waals surface area contributed by atoms with Crippen molar-refractivity contribution in [3.8, 4) is 0 Å². The highest BCUT2D eigenvalue weighted by atomic mass is 35.5. The maximum absolute atomic E-state index is 12.2. The Balaban J connectivity index is 2.37. The van der Waals surface area contributed by atoms with Gasteiger partial charge in [0.25, 0.3) is 0 Å². The lowest BCUT2D eigenvalue weighted by molar-refractivity contribution is -0.126. The molecular weight excluding hydrogens is 234 g/mol. The Hall–Kier alpha value is -0.240. The van der Waals surface area contributed by atoms with Gasteiger partial charge < -0.3 is 5.32 Å². The summed E-state index contributed by atoms with van der Waals surface area (Å²) < 4.78 is 0. The van der Waals surface area contributed by atoms with Crippen LogP contribution in [0.3, 0.4) is 0 Å². The van der Waals surface area contributed by atoms with E-state index in [0.717, 1.165) is 25.7 Å². The third-order valence-corrected chi connectivity index (χ3v) is 3.99. The summed E-state index contributed by atoms with van der Waals surface area (Å²) in [6, 6.07) is 0.269. The second-order valence-electron chi connectivity index (χ2n) is 5.13. The van der Waals surface area contributed by atoms with Crippen LogP contribution in [-0.2, 0) is 4.79 Å². The quantitative estimate of drug-likeness (QED) is 0.746. The van der Waals surface area contributed by atoms with E-state index in [0.29, 0.717) is 5.88 Å². The SMILES string of the molecule is CCC(CCCl)NC(=O)C1CCCCCCC1. The summed E-state index contributed by atoms with van der Waals surface area (Å²) in [6.07, 6.45) is 10.4. The molecule has 0 saturated heterocycles. The first-order valence-electron chi connectivity index (χ1n) is 7.14.